The zero-order valence-corrected chi connectivity index (χ0v) is 15.0. The lowest BCUT2D eigenvalue weighted by molar-refractivity contribution is -0.115. The van der Waals surface area contributed by atoms with Gasteiger partial charge in [0.1, 0.15) is 5.75 Å². The summed E-state index contributed by atoms with van der Waals surface area (Å²) in [6.07, 6.45) is 0.858. The molecular formula is C16H12Br2N2O3. The zero-order chi connectivity index (χ0) is 16.6. The molecule has 2 amide bonds. The van der Waals surface area contributed by atoms with Crippen molar-refractivity contribution in [3.63, 3.8) is 0 Å². The van der Waals surface area contributed by atoms with Crippen molar-refractivity contribution in [2.75, 3.05) is 10.6 Å². The minimum atomic E-state index is -0.0312. The standard InChI is InChI=1S/C8H6BrNO2.C8H6BrNO/c9-6-3-5(11)1-4-2-7(12)10-8(4)6;9-6-3-1-2-5-4-7(11)10-8(5)6/h1,3,11H,2H2,(H,10,12);1-3H,4H2,(H,10,11). The summed E-state index contributed by atoms with van der Waals surface area (Å²) in [6, 6.07) is 8.97. The van der Waals surface area contributed by atoms with Crippen LogP contribution in [0.3, 0.4) is 0 Å². The van der Waals surface area contributed by atoms with Crippen LogP contribution in [-0.2, 0) is 22.4 Å². The van der Waals surface area contributed by atoms with Gasteiger partial charge in [-0.15, -0.1) is 0 Å². The molecule has 118 valence electrons. The van der Waals surface area contributed by atoms with Crippen LogP contribution in [-0.4, -0.2) is 16.9 Å². The average Bonchev–Trinajstić information content (AvgIpc) is 3.02. The largest absolute Gasteiger partial charge is 0.508 e. The van der Waals surface area contributed by atoms with E-state index in [9.17, 15) is 14.7 Å². The van der Waals surface area contributed by atoms with Crippen molar-refractivity contribution in [2.45, 2.75) is 12.8 Å². The maximum absolute atomic E-state index is 10.9. The van der Waals surface area contributed by atoms with Gasteiger partial charge in [0.25, 0.3) is 0 Å². The number of para-hydroxylation sites is 1. The molecule has 0 spiro atoms. The third kappa shape index (κ3) is 3.40. The molecule has 2 aliphatic heterocycles. The Hall–Kier alpha value is -1.86. The molecular weight excluding hydrogens is 428 g/mol. The monoisotopic (exact) mass is 438 g/mol. The van der Waals surface area contributed by atoms with E-state index in [1.165, 1.54) is 0 Å². The highest BCUT2D eigenvalue weighted by atomic mass is 79.9. The molecule has 2 aromatic carbocycles. The lowest BCUT2D eigenvalue weighted by atomic mass is 10.1. The van der Waals surface area contributed by atoms with Crippen LogP contribution in [0.5, 0.6) is 5.75 Å². The van der Waals surface area contributed by atoms with Crippen molar-refractivity contribution in [1.29, 1.82) is 0 Å². The molecule has 0 atom stereocenters. The number of aromatic hydroxyl groups is 1. The summed E-state index contributed by atoms with van der Waals surface area (Å²) in [6.45, 7) is 0. The topological polar surface area (TPSA) is 78.4 Å². The number of amides is 2. The number of phenols is 1. The Morgan fingerprint density at radius 3 is 2.13 bits per heavy atom. The maximum atomic E-state index is 10.9. The number of anilines is 2. The number of nitrogens with one attached hydrogen (secondary N) is 2. The fourth-order valence-corrected chi connectivity index (χ4v) is 3.59. The first-order valence-corrected chi connectivity index (χ1v) is 8.41. The van der Waals surface area contributed by atoms with Crippen molar-refractivity contribution >= 4 is 55.0 Å². The summed E-state index contributed by atoms with van der Waals surface area (Å²) < 4.78 is 1.68. The van der Waals surface area contributed by atoms with E-state index in [-0.39, 0.29) is 17.6 Å². The normalized spacial score (nSPS) is 14.3. The van der Waals surface area contributed by atoms with Crippen molar-refractivity contribution < 1.29 is 14.7 Å². The summed E-state index contributed by atoms with van der Waals surface area (Å²) in [7, 11) is 0. The molecule has 0 unspecified atom stereocenters. The van der Waals surface area contributed by atoms with Gasteiger partial charge in [-0.3, -0.25) is 9.59 Å². The molecule has 0 bridgehead atoms. The van der Waals surface area contributed by atoms with Gasteiger partial charge in [0, 0.05) is 8.95 Å². The minimum absolute atomic E-state index is 0.0312. The summed E-state index contributed by atoms with van der Waals surface area (Å²) in [5, 5.41) is 14.7. The molecule has 3 N–H and O–H groups in total. The Labute approximate surface area is 149 Å². The highest BCUT2D eigenvalue weighted by Gasteiger charge is 2.20. The fraction of sp³-hybridized carbons (Fsp3) is 0.125. The third-order valence-corrected chi connectivity index (χ3v) is 4.77. The number of halogens is 2. The van der Waals surface area contributed by atoms with E-state index >= 15 is 0 Å². The lowest BCUT2D eigenvalue weighted by Gasteiger charge is -2.01. The number of rotatable bonds is 0. The van der Waals surface area contributed by atoms with Crippen LogP contribution in [0.2, 0.25) is 0 Å². The number of phenolic OH excluding ortho intramolecular Hbond substituents is 1. The van der Waals surface area contributed by atoms with Crippen LogP contribution >= 0.6 is 31.9 Å². The van der Waals surface area contributed by atoms with Crippen LogP contribution in [0.25, 0.3) is 0 Å². The highest BCUT2D eigenvalue weighted by molar-refractivity contribution is 9.11. The Bertz CT molecular complexity index is 821. The molecule has 0 radical (unpaired) electrons. The van der Waals surface area contributed by atoms with Gasteiger partial charge in [0.05, 0.1) is 24.2 Å². The molecule has 23 heavy (non-hydrogen) atoms. The fourth-order valence-electron chi connectivity index (χ4n) is 2.50. The van der Waals surface area contributed by atoms with Crippen LogP contribution in [0.15, 0.2) is 39.3 Å². The van der Waals surface area contributed by atoms with E-state index < -0.39 is 0 Å². The van der Waals surface area contributed by atoms with Gasteiger partial charge in [-0.25, -0.2) is 0 Å². The number of hydrogen-bond donors (Lipinski definition) is 3. The van der Waals surface area contributed by atoms with E-state index in [2.05, 4.69) is 42.5 Å². The van der Waals surface area contributed by atoms with E-state index in [0.29, 0.717) is 12.8 Å². The van der Waals surface area contributed by atoms with Gasteiger partial charge in [-0.05, 0) is 61.2 Å². The average molecular weight is 440 g/mol. The Morgan fingerprint density at radius 1 is 0.870 bits per heavy atom. The van der Waals surface area contributed by atoms with E-state index in [1.807, 2.05) is 18.2 Å². The highest BCUT2D eigenvalue weighted by Crippen LogP contribution is 2.34. The van der Waals surface area contributed by atoms with Gasteiger partial charge >= 0.3 is 0 Å². The number of carbonyl (C=O) groups excluding carboxylic acids is 2. The Morgan fingerprint density at radius 2 is 1.48 bits per heavy atom. The van der Waals surface area contributed by atoms with Crippen LogP contribution in [0.4, 0.5) is 11.4 Å². The van der Waals surface area contributed by atoms with Crippen molar-refractivity contribution in [1.82, 2.24) is 0 Å². The summed E-state index contributed by atoms with van der Waals surface area (Å²) in [5.74, 6) is 0.223. The molecule has 4 rings (SSSR count). The molecule has 0 saturated carbocycles. The molecule has 5 nitrogen and oxygen atoms in total. The zero-order valence-electron chi connectivity index (χ0n) is 11.8. The van der Waals surface area contributed by atoms with Crippen molar-refractivity contribution in [3.8, 4) is 5.75 Å². The third-order valence-electron chi connectivity index (χ3n) is 3.49. The van der Waals surface area contributed by atoms with Crippen molar-refractivity contribution in [3.05, 3.63) is 50.4 Å². The second kappa shape index (κ2) is 6.33. The number of hydrogen-bond acceptors (Lipinski definition) is 3. The summed E-state index contributed by atoms with van der Waals surface area (Å²) in [5.41, 5.74) is 3.62. The number of benzene rings is 2. The first kappa shape index (κ1) is 16.0. The van der Waals surface area contributed by atoms with E-state index in [0.717, 1.165) is 31.4 Å². The SMILES string of the molecule is O=C1Cc2cc(O)cc(Br)c2N1.O=C1Cc2cccc(Br)c2N1. The second-order valence-electron chi connectivity index (χ2n) is 5.19. The van der Waals surface area contributed by atoms with Gasteiger partial charge in [-0.2, -0.15) is 0 Å². The predicted octanol–water partition coefficient (Wildman–Crippen LogP) is 3.59. The van der Waals surface area contributed by atoms with Crippen molar-refractivity contribution in [2.24, 2.45) is 0 Å². The molecule has 2 aliphatic rings. The van der Waals surface area contributed by atoms with Gasteiger partial charge in [-0.1, -0.05) is 12.1 Å². The Kier molecular flexibility index (Phi) is 4.41. The van der Waals surface area contributed by atoms with Crippen LogP contribution < -0.4 is 10.6 Å². The number of fused-ring (bicyclic) bond motifs is 2. The molecule has 2 aromatic rings. The van der Waals surface area contributed by atoms with Gasteiger partial charge < -0.3 is 15.7 Å². The Balaban J connectivity index is 0.000000136. The van der Waals surface area contributed by atoms with Gasteiger partial charge in [0.2, 0.25) is 11.8 Å². The second-order valence-corrected chi connectivity index (χ2v) is 6.89. The predicted molar refractivity (Wildman–Crippen MR) is 94.6 cm³/mol. The first-order chi connectivity index (χ1) is 10.9. The number of carbonyl (C=O) groups is 2. The van der Waals surface area contributed by atoms with Crippen LogP contribution in [0, 0.1) is 0 Å². The van der Waals surface area contributed by atoms with E-state index in [1.54, 1.807) is 12.1 Å². The van der Waals surface area contributed by atoms with Crippen LogP contribution in [0.1, 0.15) is 11.1 Å². The quantitative estimate of drug-likeness (QED) is 0.549. The van der Waals surface area contributed by atoms with Gasteiger partial charge in [0.15, 0.2) is 0 Å². The first-order valence-electron chi connectivity index (χ1n) is 6.82. The molecule has 0 aromatic heterocycles. The maximum Gasteiger partial charge on any atom is 0.228 e. The lowest BCUT2D eigenvalue weighted by Crippen LogP contribution is -2.03. The summed E-state index contributed by atoms with van der Waals surface area (Å²) in [4.78, 5) is 21.9. The molecule has 0 aliphatic carbocycles. The smallest absolute Gasteiger partial charge is 0.228 e. The van der Waals surface area contributed by atoms with E-state index in [4.69, 9.17) is 0 Å². The molecule has 7 heteroatoms. The molecule has 0 saturated heterocycles. The minimum Gasteiger partial charge on any atom is -0.508 e. The molecule has 2 heterocycles. The molecule has 0 fully saturated rings. The summed E-state index contributed by atoms with van der Waals surface area (Å²) >= 11 is 6.61.